The van der Waals surface area contributed by atoms with Gasteiger partial charge in [-0.1, -0.05) is 73.1 Å². The summed E-state index contributed by atoms with van der Waals surface area (Å²) in [6, 6.07) is 7.97. The maximum Gasteiger partial charge on any atom is 0.408 e. The molecular formula is C17H24Cl3N3O2S. The normalized spacial score (nSPS) is 12.2. The molecule has 0 aliphatic carbocycles. The van der Waals surface area contributed by atoms with E-state index in [0.29, 0.717) is 0 Å². The molecule has 0 bridgehead atoms. The molecule has 0 saturated heterocycles. The Morgan fingerprint density at radius 1 is 1.15 bits per heavy atom. The SMILES string of the molecule is CCCCCCc1ccc(NC(=S)N[C@H](NC(=O)OC)C(Cl)(Cl)Cl)cc1. The van der Waals surface area contributed by atoms with Crippen LogP contribution in [0.3, 0.4) is 0 Å². The summed E-state index contributed by atoms with van der Waals surface area (Å²) in [5.41, 5.74) is 2.07. The number of alkyl halides is 3. The van der Waals surface area contributed by atoms with Crippen molar-refractivity contribution in [1.29, 1.82) is 0 Å². The molecule has 1 amide bonds. The molecule has 26 heavy (non-hydrogen) atoms. The van der Waals surface area contributed by atoms with Crippen LogP contribution >= 0.6 is 47.0 Å². The standard InChI is InChI=1S/C17H24Cl3N3O2S/c1-3-4-5-6-7-12-8-10-13(11-9-12)21-15(26)22-14(17(18,19)20)23-16(24)25-2/h8-11,14H,3-7H2,1-2H3,(H,23,24)(H2,21,22,26)/t14-/m1/s1. The Kier molecular flexibility index (Phi) is 10.4. The van der Waals surface area contributed by atoms with E-state index in [-0.39, 0.29) is 5.11 Å². The van der Waals surface area contributed by atoms with Crippen LogP contribution in [0.4, 0.5) is 10.5 Å². The fraction of sp³-hybridized carbons (Fsp3) is 0.529. The molecule has 0 spiro atoms. The molecule has 3 N–H and O–H groups in total. The van der Waals surface area contributed by atoms with Crippen molar-refractivity contribution in [3.8, 4) is 0 Å². The molecule has 0 aromatic heterocycles. The maximum absolute atomic E-state index is 11.4. The first-order valence-electron chi connectivity index (χ1n) is 8.34. The number of nitrogens with one attached hydrogen (secondary N) is 3. The molecule has 0 radical (unpaired) electrons. The molecule has 0 saturated carbocycles. The number of amides is 1. The topological polar surface area (TPSA) is 62.4 Å². The lowest BCUT2D eigenvalue weighted by Crippen LogP contribution is -2.56. The van der Waals surface area contributed by atoms with Crippen molar-refractivity contribution < 1.29 is 9.53 Å². The van der Waals surface area contributed by atoms with E-state index in [0.717, 1.165) is 12.1 Å². The second kappa shape index (κ2) is 11.7. The minimum absolute atomic E-state index is 0.202. The molecule has 1 atom stereocenters. The van der Waals surface area contributed by atoms with Crippen LogP contribution in [0.5, 0.6) is 0 Å². The van der Waals surface area contributed by atoms with E-state index in [1.54, 1.807) is 0 Å². The molecule has 0 aliphatic rings. The second-order valence-corrected chi connectivity index (χ2v) is 8.49. The Morgan fingerprint density at radius 3 is 2.35 bits per heavy atom. The Morgan fingerprint density at radius 2 is 1.81 bits per heavy atom. The third-order valence-electron chi connectivity index (χ3n) is 3.58. The van der Waals surface area contributed by atoms with E-state index >= 15 is 0 Å². The van der Waals surface area contributed by atoms with Gasteiger partial charge in [-0.2, -0.15) is 0 Å². The lowest BCUT2D eigenvalue weighted by Gasteiger charge is -2.27. The van der Waals surface area contributed by atoms with E-state index < -0.39 is 16.1 Å². The van der Waals surface area contributed by atoms with Crippen LogP contribution in [0.25, 0.3) is 0 Å². The lowest BCUT2D eigenvalue weighted by molar-refractivity contribution is 0.166. The predicted octanol–water partition coefficient (Wildman–Crippen LogP) is 5.15. The van der Waals surface area contributed by atoms with Crippen LogP contribution in [0, 0.1) is 0 Å². The van der Waals surface area contributed by atoms with Gasteiger partial charge in [0.15, 0.2) is 11.3 Å². The van der Waals surface area contributed by atoms with Gasteiger partial charge in [-0.15, -0.1) is 0 Å². The number of ether oxygens (including phenoxy) is 1. The molecule has 9 heteroatoms. The van der Waals surface area contributed by atoms with Crippen molar-refractivity contribution in [3.05, 3.63) is 29.8 Å². The molecule has 0 fully saturated rings. The zero-order valence-corrected chi connectivity index (χ0v) is 17.9. The van der Waals surface area contributed by atoms with Crippen molar-refractivity contribution in [2.24, 2.45) is 0 Å². The van der Waals surface area contributed by atoms with Crippen molar-refractivity contribution >= 4 is 63.9 Å². The van der Waals surface area contributed by atoms with Gasteiger partial charge in [0.1, 0.15) is 0 Å². The van der Waals surface area contributed by atoms with Gasteiger partial charge in [-0.05, 0) is 42.8 Å². The van der Waals surface area contributed by atoms with Gasteiger partial charge in [-0.25, -0.2) is 4.79 Å². The number of unbranched alkanes of at least 4 members (excludes halogenated alkanes) is 3. The molecule has 1 rings (SSSR count). The maximum atomic E-state index is 11.4. The fourth-order valence-electron chi connectivity index (χ4n) is 2.19. The number of hydrogen-bond donors (Lipinski definition) is 3. The van der Waals surface area contributed by atoms with Crippen molar-refractivity contribution in [2.75, 3.05) is 12.4 Å². The highest BCUT2D eigenvalue weighted by molar-refractivity contribution is 7.80. The van der Waals surface area contributed by atoms with E-state index in [1.165, 1.54) is 38.4 Å². The van der Waals surface area contributed by atoms with E-state index in [2.05, 4.69) is 39.7 Å². The van der Waals surface area contributed by atoms with Gasteiger partial charge in [-0.3, -0.25) is 5.32 Å². The van der Waals surface area contributed by atoms with Crippen LogP contribution in [0.2, 0.25) is 0 Å². The third-order valence-corrected chi connectivity index (χ3v) is 4.46. The predicted molar refractivity (Wildman–Crippen MR) is 113 cm³/mol. The summed E-state index contributed by atoms with van der Waals surface area (Å²) >= 11 is 22.8. The van der Waals surface area contributed by atoms with Crippen LogP contribution < -0.4 is 16.0 Å². The number of alkyl carbamates (subject to hydrolysis) is 1. The first kappa shape index (κ1) is 23.1. The number of carbonyl (C=O) groups excluding carboxylic acids is 1. The Bertz CT molecular complexity index is 580. The summed E-state index contributed by atoms with van der Waals surface area (Å²) < 4.78 is 2.69. The second-order valence-electron chi connectivity index (χ2n) is 5.72. The quantitative estimate of drug-likeness (QED) is 0.226. The van der Waals surface area contributed by atoms with E-state index in [4.69, 9.17) is 47.0 Å². The van der Waals surface area contributed by atoms with Gasteiger partial charge in [0.05, 0.1) is 7.11 Å². The first-order chi connectivity index (χ1) is 12.3. The highest BCUT2D eigenvalue weighted by Crippen LogP contribution is 2.29. The van der Waals surface area contributed by atoms with E-state index in [9.17, 15) is 4.79 Å². The Balaban J connectivity index is 2.56. The Labute approximate surface area is 175 Å². The molecule has 1 aromatic carbocycles. The molecule has 5 nitrogen and oxygen atoms in total. The molecule has 146 valence electrons. The fourth-order valence-corrected chi connectivity index (χ4v) is 2.75. The zero-order valence-electron chi connectivity index (χ0n) is 14.8. The van der Waals surface area contributed by atoms with Crippen LogP contribution in [-0.2, 0) is 11.2 Å². The number of aryl methyl sites for hydroxylation is 1. The molecule has 1 aromatic rings. The average Bonchev–Trinajstić information content (AvgIpc) is 2.58. The number of rotatable bonds is 8. The van der Waals surface area contributed by atoms with Crippen LogP contribution in [0.1, 0.15) is 38.2 Å². The summed E-state index contributed by atoms with van der Waals surface area (Å²) in [6.07, 6.45) is 4.18. The highest BCUT2D eigenvalue weighted by atomic mass is 35.6. The monoisotopic (exact) mass is 439 g/mol. The number of hydrogen-bond acceptors (Lipinski definition) is 3. The zero-order chi connectivity index (χ0) is 19.6. The highest BCUT2D eigenvalue weighted by Gasteiger charge is 2.35. The summed E-state index contributed by atoms with van der Waals surface area (Å²) in [4.78, 5) is 11.4. The van der Waals surface area contributed by atoms with Gasteiger partial charge < -0.3 is 15.4 Å². The van der Waals surface area contributed by atoms with Gasteiger partial charge >= 0.3 is 6.09 Å². The summed E-state index contributed by atoms with van der Waals surface area (Å²) in [5.74, 6) is 0. The smallest absolute Gasteiger partial charge is 0.408 e. The largest absolute Gasteiger partial charge is 0.453 e. The Hall–Kier alpha value is -0.950. The molecule has 0 heterocycles. The summed E-state index contributed by atoms with van der Waals surface area (Å²) in [5, 5.41) is 8.31. The minimum atomic E-state index is -1.82. The number of benzene rings is 1. The van der Waals surface area contributed by atoms with Gasteiger partial charge in [0, 0.05) is 5.69 Å². The van der Waals surface area contributed by atoms with Gasteiger partial charge in [0.2, 0.25) is 3.79 Å². The first-order valence-corrected chi connectivity index (χ1v) is 9.88. The average molecular weight is 441 g/mol. The number of methoxy groups -OCH3 is 1. The summed E-state index contributed by atoms with van der Waals surface area (Å²) in [6.45, 7) is 2.20. The number of halogens is 3. The number of thiocarbonyl (C=S) groups is 1. The molecule has 0 aliphatic heterocycles. The molecule has 0 unspecified atom stereocenters. The van der Waals surface area contributed by atoms with Crippen LogP contribution in [-0.4, -0.2) is 28.3 Å². The van der Waals surface area contributed by atoms with E-state index in [1.807, 2.05) is 12.1 Å². The van der Waals surface area contributed by atoms with Crippen LogP contribution in [0.15, 0.2) is 24.3 Å². The lowest BCUT2D eigenvalue weighted by atomic mass is 10.1. The number of anilines is 1. The summed E-state index contributed by atoms with van der Waals surface area (Å²) in [7, 11) is 1.21. The van der Waals surface area contributed by atoms with Gasteiger partial charge in [0.25, 0.3) is 0 Å². The number of carbonyl (C=O) groups is 1. The minimum Gasteiger partial charge on any atom is -0.453 e. The van der Waals surface area contributed by atoms with Crippen molar-refractivity contribution in [1.82, 2.24) is 10.6 Å². The third kappa shape index (κ3) is 9.12. The molecular weight excluding hydrogens is 417 g/mol. The van der Waals surface area contributed by atoms with Crippen molar-refractivity contribution in [2.45, 2.75) is 49.0 Å². The van der Waals surface area contributed by atoms with Crippen molar-refractivity contribution in [3.63, 3.8) is 0 Å².